The third kappa shape index (κ3) is 5.38. The summed E-state index contributed by atoms with van der Waals surface area (Å²) in [6.45, 7) is 6.25. The van der Waals surface area contributed by atoms with Gasteiger partial charge in [0.25, 0.3) is 0 Å². The van der Waals surface area contributed by atoms with Crippen molar-refractivity contribution in [3.63, 3.8) is 0 Å². The number of nitrogens with zero attached hydrogens (tertiary/aromatic N) is 2. The normalized spacial score (nSPS) is 22.1. The monoisotopic (exact) mass is 371 g/mol. The van der Waals surface area contributed by atoms with Crippen LogP contribution in [0.3, 0.4) is 0 Å². The zero-order valence-electron chi connectivity index (χ0n) is 11.1. The number of nitrogens with two attached hydrogens (primary N) is 1. The molecule has 1 rings (SSSR count). The van der Waals surface area contributed by atoms with Crippen LogP contribution in [0.2, 0.25) is 0 Å². The van der Waals surface area contributed by atoms with Crippen molar-refractivity contribution in [2.45, 2.75) is 20.0 Å². The van der Waals surface area contributed by atoms with Gasteiger partial charge < -0.3 is 20.1 Å². The molecule has 1 saturated heterocycles. The van der Waals surface area contributed by atoms with Gasteiger partial charge in [-0.15, -0.1) is 24.0 Å². The second-order valence-electron chi connectivity index (χ2n) is 4.25. The summed E-state index contributed by atoms with van der Waals surface area (Å²) < 4.78 is 10.0. The molecule has 2 N–H and O–H groups in total. The Morgan fingerprint density at radius 2 is 2.33 bits per heavy atom. The second kappa shape index (κ2) is 8.52. The molecule has 2 unspecified atom stereocenters. The van der Waals surface area contributed by atoms with Gasteiger partial charge in [0.2, 0.25) is 0 Å². The number of carbonyl (C=O) groups is 1. The maximum Gasteiger partial charge on any atom is 0.310 e. The highest BCUT2D eigenvalue weighted by atomic mass is 127. The molecule has 1 fully saturated rings. The molecule has 106 valence electrons. The van der Waals surface area contributed by atoms with Crippen LogP contribution in [0.25, 0.3) is 0 Å². The van der Waals surface area contributed by atoms with Gasteiger partial charge in [-0.2, -0.15) is 0 Å². The van der Waals surface area contributed by atoms with Crippen molar-refractivity contribution in [1.29, 1.82) is 0 Å². The van der Waals surface area contributed by atoms with Gasteiger partial charge in [-0.25, -0.2) is 0 Å². The van der Waals surface area contributed by atoms with Crippen LogP contribution in [0.15, 0.2) is 4.99 Å². The Morgan fingerprint density at radius 3 is 2.89 bits per heavy atom. The molecule has 18 heavy (non-hydrogen) atoms. The minimum Gasteiger partial charge on any atom is -0.469 e. The fourth-order valence-corrected chi connectivity index (χ4v) is 1.63. The Bertz CT molecular complexity index is 299. The predicted octanol–water partition coefficient (Wildman–Crippen LogP) is 0.449. The van der Waals surface area contributed by atoms with Crippen LogP contribution in [-0.4, -0.2) is 56.3 Å². The molecule has 1 aliphatic rings. The van der Waals surface area contributed by atoms with Crippen LogP contribution in [0.4, 0.5) is 0 Å². The zero-order valence-corrected chi connectivity index (χ0v) is 13.4. The Morgan fingerprint density at radius 1 is 1.67 bits per heavy atom. The summed E-state index contributed by atoms with van der Waals surface area (Å²) in [6.07, 6.45) is 0.163. The quantitative estimate of drug-likeness (QED) is 0.337. The van der Waals surface area contributed by atoms with Crippen molar-refractivity contribution in [2.24, 2.45) is 16.6 Å². The van der Waals surface area contributed by atoms with Crippen LogP contribution in [0.5, 0.6) is 0 Å². The van der Waals surface area contributed by atoms with Gasteiger partial charge in [-0.1, -0.05) is 6.92 Å². The SMILES string of the molecule is COC(=O)C(C)CN=C(N)N1CCOC(C)C1.I. The molecular formula is C11H22IN3O3. The number of aliphatic imine (C=N–C) groups is 1. The van der Waals surface area contributed by atoms with Gasteiger partial charge in [0, 0.05) is 13.1 Å². The van der Waals surface area contributed by atoms with E-state index in [1.54, 1.807) is 6.92 Å². The van der Waals surface area contributed by atoms with Gasteiger partial charge in [0.15, 0.2) is 5.96 Å². The average molecular weight is 371 g/mol. The number of hydrogen-bond acceptors (Lipinski definition) is 4. The summed E-state index contributed by atoms with van der Waals surface area (Å²) in [5.74, 6) is -0.0650. The molecule has 7 heteroatoms. The molecule has 0 aromatic heterocycles. The topological polar surface area (TPSA) is 77.1 Å². The number of halogens is 1. The molecule has 6 nitrogen and oxygen atoms in total. The molecule has 1 aliphatic heterocycles. The van der Waals surface area contributed by atoms with Gasteiger partial charge in [0.05, 0.1) is 32.3 Å². The standard InChI is InChI=1S/C11H21N3O3.HI/c1-8(10(15)16-3)6-13-11(12)14-4-5-17-9(2)7-14;/h8-9H,4-7H2,1-3H3,(H2,12,13);1H. The minimum absolute atomic E-state index is 0. The molecule has 2 atom stereocenters. The van der Waals surface area contributed by atoms with Crippen molar-refractivity contribution < 1.29 is 14.3 Å². The summed E-state index contributed by atoms with van der Waals surface area (Å²) >= 11 is 0. The highest BCUT2D eigenvalue weighted by Gasteiger charge is 2.19. The molecule has 0 radical (unpaired) electrons. The molecule has 0 amide bonds. The van der Waals surface area contributed by atoms with E-state index in [0.29, 0.717) is 19.1 Å². The number of carbonyl (C=O) groups excluding carboxylic acids is 1. The minimum atomic E-state index is -0.267. The fourth-order valence-electron chi connectivity index (χ4n) is 1.63. The lowest BCUT2D eigenvalue weighted by atomic mass is 10.2. The third-order valence-electron chi connectivity index (χ3n) is 2.70. The first-order chi connectivity index (χ1) is 8.04. The van der Waals surface area contributed by atoms with E-state index in [1.807, 2.05) is 11.8 Å². The maximum absolute atomic E-state index is 11.2. The number of esters is 1. The predicted molar refractivity (Wildman–Crippen MR) is 80.1 cm³/mol. The number of methoxy groups -OCH3 is 1. The van der Waals surface area contributed by atoms with Crippen LogP contribution in [0.1, 0.15) is 13.8 Å². The first-order valence-corrected chi connectivity index (χ1v) is 5.79. The Kier molecular flexibility index (Phi) is 8.25. The van der Waals surface area contributed by atoms with Crippen LogP contribution in [-0.2, 0) is 14.3 Å². The summed E-state index contributed by atoms with van der Waals surface area (Å²) in [6, 6.07) is 0. The maximum atomic E-state index is 11.2. The molecule has 0 saturated carbocycles. The first kappa shape index (κ1) is 17.4. The number of rotatable bonds is 3. The fraction of sp³-hybridized carbons (Fsp3) is 0.818. The molecule has 0 bridgehead atoms. The first-order valence-electron chi connectivity index (χ1n) is 5.79. The van der Waals surface area contributed by atoms with Crippen LogP contribution < -0.4 is 5.73 Å². The number of ether oxygens (including phenoxy) is 2. The number of guanidine groups is 1. The third-order valence-corrected chi connectivity index (χ3v) is 2.70. The van der Waals surface area contributed by atoms with Crippen molar-refractivity contribution >= 4 is 35.9 Å². The molecule has 0 aromatic carbocycles. The largest absolute Gasteiger partial charge is 0.469 e. The lowest BCUT2D eigenvalue weighted by Gasteiger charge is -2.31. The van der Waals surface area contributed by atoms with E-state index in [2.05, 4.69) is 9.73 Å². The molecule has 1 heterocycles. The molecule has 0 spiro atoms. The smallest absolute Gasteiger partial charge is 0.310 e. The second-order valence-corrected chi connectivity index (χ2v) is 4.25. The lowest BCUT2D eigenvalue weighted by molar-refractivity contribution is -0.144. The molecule has 0 aromatic rings. The Balaban J connectivity index is 0.00000289. The Labute approximate surface area is 125 Å². The number of hydrogen-bond donors (Lipinski definition) is 1. The summed E-state index contributed by atoms with van der Waals surface area (Å²) in [5, 5.41) is 0. The van der Waals surface area contributed by atoms with Gasteiger partial charge in [-0.3, -0.25) is 9.79 Å². The summed E-state index contributed by atoms with van der Waals surface area (Å²) in [4.78, 5) is 17.4. The lowest BCUT2D eigenvalue weighted by Crippen LogP contribution is -2.48. The van der Waals surface area contributed by atoms with Crippen molar-refractivity contribution in [1.82, 2.24) is 4.90 Å². The van der Waals surface area contributed by atoms with Crippen molar-refractivity contribution in [3.8, 4) is 0 Å². The van der Waals surface area contributed by atoms with E-state index in [0.717, 1.165) is 13.1 Å². The molecular weight excluding hydrogens is 349 g/mol. The van der Waals surface area contributed by atoms with E-state index < -0.39 is 0 Å². The van der Waals surface area contributed by atoms with E-state index in [9.17, 15) is 4.79 Å². The van der Waals surface area contributed by atoms with E-state index in [1.165, 1.54) is 7.11 Å². The summed E-state index contributed by atoms with van der Waals surface area (Å²) in [7, 11) is 1.37. The van der Waals surface area contributed by atoms with Gasteiger partial charge in [-0.05, 0) is 6.92 Å². The van der Waals surface area contributed by atoms with E-state index in [-0.39, 0.29) is 42.0 Å². The highest BCUT2D eigenvalue weighted by molar-refractivity contribution is 14.0. The van der Waals surface area contributed by atoms with Crippen molar-refractivity contribution in [3.05, 3.63) is 0 Å². The van der Waals surface area contributed by atoms with Crippen LogP contribution >= 0.6 is 24.0 Å². The van der Waals surface area contributed by atoms with Gasteiger partial charge in [0.1, 0.15) is 0 Å². The van der Waals surface area contributed by atoms with Crippen molar-refractivity contribution in [2.75, 3.05) is 33.4 Å². The highest BCUT2D eigenvalue weighted by Crippen LogP contribution is 2.04. The van der Waals surface area contributed by atoms with E-state index in [4.69, 9.17) is 10.5 Å². The van der Waals surface area contributed by atoms with Gasteiger partial charge >= 0.3 is 5.97 Å². The van der Waals surface area contributed by atoms with E-state index >= 15 is 0 Å². The zero-order chi connectivity index (χ0) is 12.8. The summed E-state index contributed by atoms with van der Waals surface area (Å²) in [5.41, 5.74) is 5.87. The van der Waals surface area contributed by atoms with Crippen LogP contribution in [0, 0.1) is 5.92 Å². The number of morpholine rings is 1. The Hall–Kier alpha value is -0.570. The average Bonchev–Trinajstić information content (AvgIpc) is 2.34. The molecule has 0 aliphatic carbocycles.